The highest BCUT2D eigenvalue weighted by molar-refractivity contribution is 7.85. The molecule has 0 spiro atoms. The van der Waals surface area contributed by atoms with Gasteiger partial charge in [-0.15, -0.1) is 0 Å². The number of carboxylic acid groups (broad SMARTS) is 1. The third-order valence-electron chi connectivity index (χ3n) is 1.89. The number of hydrogen-bond donors (Lipinski definition) is 1. The Labute approximate surface area is 106 Å². The van der Waals surface area contributed by atoms with Crippen LogP contribution in [-0.2, 0) is 28.5 Å². The number of nitrogens with zero attached hydrogens (tertiary/aromatic N) is 2. The summed E-state index contributed by atoms with van der Waals surface area (Å²) in [7, 11) is -1.86. The Bertz CT molecular complexity index is 462. The highest BCUT2D eigenvalue weighted by Crippen LogP contribution is 1.97. The molecule has 0 atom stereocenters. The van der Waals surface area contributed by atoms with E-state index >= 15 is 0 Å². The van der Waals surface area contributed by atoms with Gasteiger partial charge in [0.05, 0.1) is 19.3 Å². The van der Waals surface area contributed by atoms with Crippen LogP contribution in [0, 0.1) is 0 Å². The van der Waals surface area contributed by atoms with Gasteiger partial charge in [0.2, 0.25) is 6.33 Å². The predicted molar refractivity (Wildman–Crippen MR) is 61.9 cm³/mol. The molecule has 0 saturated carbocycles. The van der Waals surface area contributed by atoms with Crippen LogP contribution in [-0.4, -0.2) is 29.3 Å². The minimum absolute atomic E-state index is 0.152. The van der Waals surface area contributed by atoms with Crippen LogP contribution in [0.5, 0.6) is 0 Å². The maximum absolute atomic E-state index is 10.4. The molecule has 1 heterocycles. The molecule has 0 unspecified atom stereocenters. The first-order valence-electron chi connectivity index (χ1n) is 5.34. The third kappa shape index (κ3) is 11.1. The Hall–Kier alpha value is -1.41. The van der Waals surface area contributed by atoms with E-state index in [0.717, 1.165) is 19.9 Å². The highest BCUT2D eigenvalue weighted by atomic mass is 32.2. The number of rotatable bonds is 5. The summed E-state index contributed by atoms with van der Waals surface area (Å²) in [6.07, 6.45) is 7.00. The van der Waals surface area contributed by atoms with Crippen LogP contribution in [0.25, 0.3) is 0 Å². The monoisotopic (exact) mass is 278 g/mol. The third-order valence-corrected chi connectivity index (χ3v) is 2.70. The van der Waals surface area contributed by atoms with Gasteiger partial charge in [-0.2, -0.15) is 8.42 Å². The highest BCUT2D eigenvalue weighted by Gasteiger charge is 2.05. The second-order valence-corrected chi connectivity index (χ2v) is 5.37. The van der Waals surface area contributed by atoms with Crippen molar-refractivity contribution in [1.29, 1.82) is 0 Å². The van der Waals surface area contributed by atoms with E-state index in [9.17, 15) is 8.42 Å². The zero-order chi connectivity index (χ0) is 14.2. The molecule has 0 aromatic carbocycles. The van der Waals surface area contributed by atoms with Gasteiger partial charge in [0.15, 0.2) is 0 Å². The van der Waals surface area contributed by atoms with Gasteiger partial charge in [-0.05, 0) is 19.8 Å². The Morgan fingerprint density at radius 1 is 1.44 bits per heavy atom. The molecule has 0 fully saturated rings. The van der Waals surface area contributed by atoms with Gasteiger partial charge in [-0.25, -0.2) is 9.13 Å². The number of carbonyl (C=O) groups is 1. The molecular weight excluding hydrogens is 260 g/mol. The number of carbonyl (C=O) groups excluding carboxylic acids is 1. The lowest BCUT2D eigenvalue weighted by Gasteiger charge is -1.96. The van der Waals surface area contributed by atoms with Crippen LogP contribution in [0.4, 0.5) is 0 Å². The summed E-state index contributed by atoms with van der Waals surface area (Å²) in [6, 6.07) is 0. The summed E-state index contributed by atoms with van der Waals surface area (Å²) in [5.74, 6) is -1.24. The maximum atomic E-state index is 10.4. The van der Waals surface area contributed by atoms with Crippen LogP contribution in [0.15, 0.2) is 18.7 Å². The normalized spacial score (nSPS) is 10.6. The van der Waals surface area contributed by atoms with Crippen LogP contribution in [0.3, 0.4) is 0 Å². The molecule has 1 N–H and O–H groups in total. The molecule has 104 valence electrons. The number of hydrogen-bond acceptors (Lipinski definition) is 4. The first-order chi connectivity index (χ1) is 8.20. The van der Waals surface area contributed by atoms with E-state index in [4.69, 9.17) is 14.5 Å². The van der Waals surface area contributed by atoms with Crippen molar-refractivity contribution >= 4 is 16.1 Å². The Kier molecular flexibility index (Phi) is 7.21. The molecular formula is C10H18N2O5S. The van der Waals surface area contributed by atoms with Gasteiger partial charge in [0, 0.05) is 5.97 Å². The summed E-state index contributed by atoms with van der Waals surface area (Å²) < 4.78 is 33.2. The van der Waals surface area contributed by atoms with Gasteiger partial charge >= 0.3 is 0 Å². The van der Waals surface area contributed by atoms with Gasteiger partial charge in [-0.3, -0.25) is 4.55 Å². The van der Waals surface area contributed by atoms with Crippen molar-refractivity contribution in [3.05, 3.63) is 18.7 Å². The molecule has 0 amide bonds. The van der Waals surface area contributed by atoms with E-state index in [1.165, 1.54) is 0 Å². The number of carboxylic acids is 1. The van der Waals surface area contributed by atoms with E-state index in [2.05, 4.69) is 0 Å². The molecule has 0 aliphatic rings. The number of aryl methyl sites for hydroxylation is 2. The van der Waals surface area contributed by atoms with Crippen molar-refractivity contribution in [2.75, 3.05) is 5.75 Å². The standard InChI is InChI=1S/C8H14N2O3S.C2H4O2/c1-9-5-6-10(8-9)4-2-3-7-14(11,12)13;1-2(3)4/h5-6,8H,2-4,7H2,1H3;1H3,(H,3,4). The fraction of sp³-hybridized carbons (Fsp3) is 0.600. The van der Waals surface area contributed by atoms with Gasteiger partial charge in [0.25, 0.3) is 10.1 Å². The Morgan fingerprint density at radius 3 is 2.39 bits per heavy atom. The number of aromatic nitrogens is 2. The number of unbranched alkanes of at least 4 members (excludes halogenated alkanes) is 1. The van der Waals surface area contributed by atoms with E-state index in [1.54, 1.807) is 0 Å². The molecule has 0 radical (unpaired) electrons. The lowest BCUT2D eigenvalue weighted by atomic mass is 10.3. The first kappa shape index (κ1) is 16.6. The van der Waals surface area contributed by atoms with Gasteiger partial charge < -0.3 is 9.90 Å². The quantitative estimate of drug-likeness (QED) is 0.411. The average Bonchev–Trinajstić information content (AvgIpc) is 2.57. The van der Waals surface area contributed by atoms with Gasteiger partial charge in [-0.1, -0.05) is 0 Å². The van der Waals surface area contributed by atoms with E-state index < -0.39 is 16.1 Å². The summed E-state index contributed by atoms with van der Waals surface area (Å²) in [6.45, 7) is 1.75. The molecule has 0 aliphatic carbocycles. The minimum atomic E-state index is -3.79. The van der Waals surface area contributed by atoms with Crippen molar-refractivity contribution in [3.8, 4) is 0 Å². The molecule has 18 heavy (non-hydrogen) atoms. The van der Waals surface area contributed by atoms with Crippen LogP contribution >= 0.6 is 0 Å². The number of aliphatic carboxylic acids is 1. The van der Waals surface area contributed by atoms with Crippen molar-refractivity contribution in [1.82, 2.24) is 4.57 Å². The zero-order valence-corrected chi connectivity index (χ0v) is 11.3. The summed E-state index contributed by atoms with van der Waals surface area (Å²) in [5.41, 5.74) is 0. The summed E-state index contributed by atoms with van der Waals surface area (Å²) >= 11 is 0. The lowest BCUT2D eigenvalue weighted by Crippen LogP contribution is -2.23. The van der Waals surface area contributed by atoms with Gasteiger partial charge in [0.1, 0.15) is 12.4 Å². The molecule has 1 rings (SSSR count). The minimum Gasteiger partial charge on any atom is -0.550 e. The molecule has 8 heteroatoms. The van der Waals surface area contributed by atoms with Crippen LogP contribution in [0.2, 0.25) is 0 Å². The largest absolute Gasteiger partial charge is 0.550 e. The van der Waals surface area contributed by atoms with Crippen molar-refractivity contribution < 1.29 is 27.4 Å². The van der Waals surface area contributed by atoms with E-state index in [-0.39, 0.29) is 5.75 Å². The number of imidazole rings is 1. The molecule has 0 aliphatic heterocycles. The predicted octanol–water partition coefficient (Wildman–Crippen LogP) is -1.26. The molecule has 1 aromatic rings. The molecule has 7 nitrogen and oxygen atoms in total. The fourth-order valence-electron chi connectivity index (χ4n) is 1.21. The molecule has 1 aromatic heterocycles. The lowest BCUT2D eigenvalue weighted by molar-refractivity contribution is -0.671. The molecule has 0 bridgehead atoms. The van der Waals surface area contributed by atoms with Crippen molar-refractivity contribution in [2.45, 2.75) is 26.3 Å². The Morgan fingerprint density at radius 2 is 2.00 bits per heavy atom. The fourth-order valence-corrected chi connectivity index (χ4v) is 1.78. The van der Waals surface area contributed by atoms with Crippen molar-refractivity contribution in [2.24, 2.45) is 7.05 Å². The summed E-state index contributed by atoms with van der Waals surface area (Å²) in [4.78, 5) is 8.89. The smallest absolute Gasteiger partial charge is 0.264 e. The topological polar surface area (TPSA) is 103 Å². The Balaban J connectivity index is 0.000000631. The van der Waals surface area contributed by atoms with Crippen molar-refractivity contribution in [3.63, 3.8) is 0 Å². The first-order valence-corrected chi connectivity index (χ1v) is 6.95. The van der Waals surface area contributed by atoms with E-state index in [0.29, 0.717) is 6.42 Å². The molecule has 0 saturated heterocycles. The SMILES string of the molecule is CC(=O)[O-].C[n+]1ccn(CCCCS(=O)(=O)O)c1. The van der Waals surface area contributed by atoms with E-state index in [1.807, 2.05) is 34.9 Å². The summed E-state index contributed by atoms with van der Waals surface area (Å²) in [5, 5.41) is 8.89. The van der Waals surface area contributed by atoms with Crippen LogP contribution in [0.1, 0.15) is 19.8 Å². The average molecular weight is 278 g/mol. The second kappa shape index (κ2) is 7.83. The zero-order valence-electron chi connectivity index (χ0n) is 10.4. The second-order valence-electron chi connectivity index (χ2n) is 3.80. The van der Waals surface area contributed by atoms with Crippen LogP contribution < -0.4 is 9.67 Å². The maximum Gasteiger partial charge on any atom is 0.264 e.